The summed E-state index contributed by atoms with van der Waals surface area (Å²) in [4.78, 5) is 46.1. The van der Waals surface area contributed by atoms with Gasteiger partial charge in [-0.15, -0.1) is 0 Å². The van der Waals surface area contributed by atoms with Gasteiger partial charge in [-0.25, -0.2) is 4.79 Å². The maximum atomic E-state index is 13.8. The van der Waals surface area contributed by atoms with E-state index in [4.69, 9.17) is 4.74 Å². The van der Waals surface area contributed by atoms with Crippen LogP contribution in [0, 0.1) is 11.3 Å². The van der Waals surface area contributed by atoms with Crippen LogP contribution in [0.25, 0.3) is 0 Å². The fraction of sp³-hybridized carbons (Fsp3) is 0.545. The van der Waals surface area contributed by atoms with Crippen molar-refractivity contribution in [2.75, 3.05) is 44.2 Å². The monoisotopic (exact) mass is 652 g/mol. The van der Waals surface area contributed by atoms with Crippen LogP contribution < -0.4 is 9.64 Å². The average Bonchev–Trinajstić information content (AvgIpc) is 3.71. The van der Waals surface area contributed by atoms with Crippen molar-refractivity contribution >= 4 is 39.5 Å². The Morgan fingerprint density at radius 1 is 1.02 bits per heavy atom. The Morgan fingerprint density at radius 3 is 2.44 bits per heavy atom. The van der Waals surface area contributed by atoms with E-state index >= 15 is 0 Å². The van der Waals surface area contributed by atoms with Gasteiger partial charge in [0.2, 0.25) is 5.91 Å². The van der Waals surface area contributed by atoms with Gasteiger partial charge < -0.3 is 29.4 Å². The number of likely N-dealkylation sites (tertiary alicyclic amines) is 2. The maximum absolute atomic E-state index is 13.8. The quantitative estimate of drug-likeness (QED) is 0.420. The lowest BCUT2D eigenvalue weighted by molar-refractivity contribution is -0.145. The van der Waals surface area contributed by atoms with Crippen LogP contribution in [0.3, 0.4) is 0 Å². The zero-order valence-electron chi connectivity index (χ0n) is 25.0. The molecule has 2 aromatic carbocycles. The molecule has 3 heterocycles. The minimum absolute atomic E-state index is 0.0570. The Kier molecular flexibility index (Phi) is 8.08. The second-order valence-electron chi connectivity index (χ2n) is 13.3. The first-order chi connectivity index (χ1) is 20.5. The summed E-state index contributed by atoms with van der Waals surface area (Å²) in [6.07, 6.45) is 3.89. The fourth-order valence-corrected chi connectivity index (χ4v) is 7.20. The molecule has 43 heavy (non-hydrogen) atoms. The van der Waals surface area contributed by atoms with Crippen LogP contribution in [0.4, 0.5) is 10.5 Å². The summed E-state index contributed by atoms with van der Waals surface area (Å²) < 4.78 is 7.35. The van der Waals surface area contributed by atoms with Crippen molar-refractivity contribution in [3.8, 4) is 5.75 Å². The summed E-state index contributed by atoms with van der Waals surface area (Å²) in [6, 6.07) is 16.4. The third kappa shape index (κ3) is 6.49. The lowest BCUT2D eigenvalue weighted by atomic mass is 9.79. The molecule has 3 saturated heterocycles. The Bertz CT molecular complexity index is 1370. The molecule has 4 fully saturated rings. The van der Waals surface area contributed by atoms with Gasteiger partial charge in [0.05, 0.1) is 5.92 Å². The topological polar surface area (TPSA) is 93.6 Å². The van der Waals surface area contributed by atoms with E-state index in [1.807, 2.05) is 41.3 Å². The molecule has 1 spiro atoms. The Hall–Kier alpha value is -3.27. The van der Waals surface area contributed by atoms with Gasteiger partial charge in [-0.3, -0.25) is 9.59 Å². The highest BCUT2D eigenvalue weighted by Crippen LogP contribution is 2.40. The molecule has 10 heteroatoms. The van der Waals surface area contributed by atoms with E-state index in [-0.39, 0.29) is 23.1 Å². The highest BCUT2D eigenvalue weighted by molar-refractivity contribution is 9.10. The summed E-state index contributed by atoms with van der Waals surface area (Å²) in [6.45, 7) is 7.92. The molecule has 0 unspecified atom stereocenters. The lowest BCUT2D eigenvalue weighted by Crippen LogP contribution is -2.60. The predicted octanol–water partition coefficient (Wildman–Crippen LogP) is 5.23. The molecule has 0 radical (unpaired) electrons. The van der Waals surface area contributed by atoms with Gasteiger partial charge in [0.25, 0.3) is 5.91 Å². The van der Waals surface area contributed by atoms with Crippen molar-refractivity contribution in [2.24, 2.45) is 11.3 Å². The number of carboxylic acid groups (broad SMARTS) is 1. The minimum atomic E-state index is -1.07. The van der Waals surface area contributed by atoms with Crippen LogP contribution >= 0.6 is 15.9 Å². The van der Waals surface area contributed by atoms with Gasteiger partial charge >= 0.3 is 6.09 Å². The number of carbonyl (C=O) groups excluding carboxylic acids is 2. The molecule has 4 aliphatic rings. The molecule has 2 aromatic rings. The fourth-order valence-electron chi connectivity index (χ4n) is 6.94. The standard InChI is InChI=1S/C33H41BrN4O5/c1-32(2,30(40)36-16-14-33(20-36)21-37(22-33)31(41)42)43-28-7-3-6-27(17-28)35-15-4-5-24(19-35)29(39)38(26-12-13-26)18-23-8-10-25(34)11-9-23/h3,6-11,17,24,26H,4-5,12-16,18-22H2,1-2H3,(H,41,42)/t24-/m1/s1. The van der Waals surface area contributed by atoms with Crippen molar-refractivity contribution in [2.45, 2.75) is 64.1 Å². The molecule has 230 valence electrons. The Morgan fingerprint density at radius 2 is 1.74 bits per heavy atom. The van der Waals surface area contributed by atoms with Crippen molar-refractivity contribution in [3.63, 3.8) is 0 Å². The minimum Gasteiger partial charge on any atom is -0.478 e. The molecule has 1 N–H and O–H groups in total. The third-order valence-electron chi connectivity index (χ3n) is 9.43. The summed E-state index contributed by atoms with van der Waals surface area (Å²) in [5.41, 5.74) is 0.947. The van der Waals surface area contributed by atoms with E-state index < -0.39 is 11.7 Å². The van der Waals surface area contributed by atoms with E-state index in [1.165, 1.54) is 4.90 Å². The number of halogens is 1. The van der Waals surface area contributed by atoms with Gasteiger partial charge in [-0.1, -0.05) is 34.1 Å². The number of piperidine rings is 1. The van der Waals surface area contributed by atoms with Crippen LogP contribution in [-0.4, -0.2) is 88.6 Å². The highest BCUT2D eigenvalue weighted by atomic mass is 79.9. The SMILES string of the molecule is CC(C)(Oc1cccc(N2CCC[C@@H](C(=O)N(Cc3ccc(Br)cc3)C3CC3)C2)c1)C(=O)N1CCC2(CN(C(=O)O)C2)C1. The normalized spacial score (nSPS) is 21.5. The molecule has 9 nitrogen and oxygen atoms in total. The molecular weight excluding hydrogens is 612 g/mol. The largest absolute Gasteiger partial charge is 0.478 e. The number of nitrogens with zero attached hydrogens (tertiary/aromatic N) is 4. The van der Waals surface area contributed by atoms with Gasteiger partial charge in [-0.05, 0) is 75.8 Å². The zero-order valence-corrected chi connectivity index (χ0v) is 26.6. The number of hydrogen-bond donors (Lipinski definition) is 1. The van der Waals surface area contributed by atoms with Crippen LogP contribution in [0.1, 0.15) is 51.5 Å². The van der Waals surface area contributed by atoms with Gasteiger partial charge in [0.1, 0.15) is 5.75 Å². The summed E-state index contributed by atoms with van der Waals surface area (Å²) in [7, 11) is 0. The number of benzene rings is 2. The van der Waals surface area contributed by atoms with E-state index in [0.29, 0.717) is 51.1 Å². The molecule has 1 atom stereocenters. The average molecular weight is 654 g/mol. The first kappa shape index (κ1) is 29.8. The second-order valence-corrected chi connectivity index (χ2v) is 14.2. The molecule has 0 aromatic heterocycles. The van der Waals surface area contributed by atoms with E-state index in [2.05, 4.69) is 37.9 Å². The third-order valence-corrected chi connectivity index (χ3v) is 9.96. The Labute approximate surface area is 261 Å². The number of amides is 3. The Balaban J connectivity index is 1.08. The number of anilines is 1. The van der Waals surface area contributed by atoms with Crippen molar-refractivity contribution in [1.29, 1.82) is 0 Å². The van der Waals surface area contributed by atoms with Crippen molar-refractivity contribution in [3.05, 3.63) is 58.6 Å². The van der Waals surface area contributed by atoms with Gasteiger partial charge in [-0.2, -0.15) is 0 Å². The molecule has 3 amide bonds. The summed E-state index contributed by atoms with van der Waals surface area (Å²) in [5, 5.41) is 9.22. The zero-order chi connectivity index (χ0) is 30.4. The summed E-state index contributed by atoms with van der Waals surface area (Å²) >= 11 is 3.50. The number of hydrogen-bond acceptors (Lipinski definition) is 5. The van der Waals surface area contributed by atoms with Crippen LogP contribution in [-0.2, 0) is 16.1 Å². The number of ether oxygens (including phenoxy) is 1. The molecule has 0 bridgehead atoms. The number of rotatable bonds is 8. The van der Waals surface area contributed by atoms with E-state index in [0.717, 1.165) is 54.4 Å². The first-order valence-electron chi connectivity index (χ1n) is 15.4. The molecule has 3 aliphatic heterocycles. The molecular formula is C33H41BrN4O5. The molecule has 1 saturated carbocycles. The van der Waals surface area contributed by atoms with E-state index in [1.54, 1.807) is 13.8 Å². The van der Waals surface area contributed by atoms with Crippen molar-refractivity contribution < 1.29 is 24.2 Å². The van der Waals surface area contributed by atoms with Crippen LogP contribution in [0.15, 0.2) is 53.0 Å². The first-order valence-corrected chi connectivity index (χ1v) is 16.2. The van der Waals surface area contributed by atoms with E-state index in [9.17, 15) is 19.5 Å². The van der Waals surface area contributed by atoms with Crippen LogP contribution in [0.2, 0.25) is 0 Å². The van der Waals surface area contributed by atoms with Crippen LogP contribution in [0.5, 0.6) is 5.75 Å². The second kappa shape index (κ2) is 11.7. The van der Waals surface area contributed by atoms with Gasteiger partial charge in [0, 0.05) is 73.5 Å². The lowest BCUT2D eigenvalue weighted by Gasteiger charge is -2.46. The van der Waals surface area contributed by atoms with Gasteiger partial charge in [0.15, 0.2) is 5.60 Å². The smallest absolute Gasteiger partial charge is 0.407 e. The molecule has 1 aliphatic carbocycles. The van der Waals surface area contributed by atoms with Crippen molar-refractivity contribution in [1.82, 2.24) is 14.7 Å². The predicted molar refractivity (Wildman–Crippen MR) is 167 cm³/mol. The number of carbonyl (C=O) groups is 3. The summed E-state index contributed by atoms with van der Waals surface area (Å²) in [5.74, 6) is 0.723. The molecule has 6 rings (SSSR count). The maximum Gasteiger partial charge on any atom is 0.407 e. The highest BCUT2D eigenvalue weighted by Gasteiger charge is 2.52.